The summed E-state index contributed by atoms with van der Waals surface area (Å²) in [7, 11) is 0. The van der Waals surface area contributed by atoms with Crippen molar-refractivity contribution in [1.82, 2.24) is 34.8 Å². The highest BCUT2D eigenvalue weighted by Crippen LogP contribution is 2.29. The first-order valence-corrected chi connectivity index (χ1v) is 10.2. The zero-order valence-corrected chi connectivity index (χ0v) is 16.0. The van der Waals surface area contributed by atoms with Crippen molar-refractivity contribution in [2.45, 2.75) is 57.5 Å². The number of rotatable bonds is 4. The van der Waals surface area contributed by atoms with E-state index in [0.717, 1.165) is 44.5 Å². The van der Waals surface area contributed by atoms with Crippen molar-refractivity contribution in [2.24, 2.45) is 0 Å². The van der Waals surface area contributed by atoms with Crippen LogP contribution in [0.5, 0.6) is 0 Å². The smallest absolute Gasteiger partial charge is 0.241 e. The Balaban J connectivity index is 1.20. The lowest BCUT2D eigenvalue weighted by atomic mass is 9.96. The van der Waals surface area contributed by atoms with Crippen molar-refractivity contribution in [1.29, 1.82) is 0 Å². The lowest BCUT2D eigenvalue weighted by Crippen LogP contribution is -2.33. The number of nitrogens with zero attached hydrogens (tertiary/aromatic N) is 7. The van der Waals surface area contributed by atoms with Gasteiger partial charge < -0.3 is 9.09 Å². The van der Waals surface area contributed by atoms with Crippen LogP contribution in [0.4, 0.5) is 0 Å². The molecule has 146 valence electrons. The van der Waals surface area contributed by atoms with E-state index in [4.69, 9.17) is 4.52 Å². The van der Waals surface area contributed by atoms with Gasteiger partial charge in [-0.25, -0.2) is 0 Å². The highest BCUT2D eigenvalue weighted by Gasteiger charge is 2.27. The Bertz CT molecular complexity index is 912. The Morgan fingerprint density at radius 1 is 1.00 bits per heavy atom. The number of likely N-dealkylation sites (tertiary alicyclic amines) is 1. The molecule has 0 radical (unpaired) electrons. The summed E-state index contributed by atoms with van der Waals surface area (Å²) in [6.45, 7) is 3.81. The molecule has 2 aliphatic heterocycles. The molecule has 8 nitrogen and oxygen atoms in total. The van der Waals surface area contributed by atoms with Crippen LogP contribution in [0.2, 0.25) is 0 Å². The molecule has 1 fully saturated rings. The maximum Gasteiger partial charge on any atom is 0.241 e. The average Bonchev–Trinajstić information content (AvgIpc) is 3.30. The van der Waals surface area contributed by atoms with E-state index in [2.05, 4.69) is 34.8 Å². The second-order valence-corrected chi connectivity index (χ2v) is 7.73. The summed E-state index contributed by atoms with van der Waals surface area (Å²) < 4.78 is 7.85. The Morgan fingerprint density at radius 2 is 1.86 bits per heavy atom. The van der Waals surface area contributed by atoms with Gasteiger partial charge >= 0.3 is 0 Å². The second-order valence-electron chi connectivity index (χ2n) is 7.73. The van der Waals surface area contributed by atoms with Crippen molar-refractivity contribution < 1.29 is 4.52 Å². The first kappa shape index (κ1) is 17.5. The number of hydrogen-bond donors (Lipinski definition) is 0. The van der Waals surface area contributed by atoms with Crippen molar-refractivity contribution in [3.63, 3.8) is 0 Å². The summed E-state index contributed by atoms with van der Waals surface area (Å²) in [6, 6.07) is 3.78. The molecule has 0 amide bonds. The van der Waals surface area contributed by atoms with Gasteiger partial charge in [0.1, 0.15) is 11.6 Å². The number of piperidine rings is 1. The van der Waals surface area contributed by atoms with Crippen LogP contribution in [0.15, 0.2) is 29.0 Å². The van der Waals surface area contributed by atoms with Crippen molar-refractivity contribution in [3.05, 3.63) is 42.1 Å². The molecule has 0 bridgehead atoms. The van der Waals surface area contributed by atoms with Gasteiger partial charge in [0, 0.05) is 36.8 Å². The fraction of sp³-hybridized carbons (Fsp3) is 0.550. The molecule has 3 aromatic rings. The van der Waals surface area contributed by atoms with E-state index in [-0.39, 0.29) is 0 Å². The number of pyridine rings is 1. The van der Waals surface area contributed by atoms with Gasteiger partial charge in [-0.1, -0.05) is 11.6 Å². The molecule has 5 rings (SSSR count). The molecule has 0 N–H and O–H groups in total. The lowest BCUT2D eigenvalue weighted by Gasteiger charge is -2.30. The van der Waals surface area contributed by atoms with E-state index in [0.29, 0.717) is 24.2 Å². The van der Waals surface area contributed by atoms with Crippen LogP contribution in [0.1, 0.15) is 55.6 Å². The van der Waals surface area contributed by atoms with Crippen LogP contribution < -0.4 is 0 Å². The second kappa shape index (κ2) is 7.79. The molecule has 8 heteroatoms. The molecule has 0 unspecified atom stereocenters. The summed E-state index contributed by atoms with van der Waals surface area (Å²) in [6.07, 6.45) is 10.5. The van der Waals surface area contributed by atoms with Gasteiger partial charge in [0.15, 0.2) is 0 Å². The van der Waals surface area contributed by atoms with Gasteiger partial charge in [-0.2, -0.15) is 4.98 Å². The zero-order chi connectivity index (χ0) is 18.8. The minimum atomic E-state index is 0.505. The van der Waals surface area contributed by atoms with Crippen LogP contribution in [-0.2, 0) is 19.5 Å². The number of hydrogen-bond acceptors (Lipinski definition) is 7. The number of aromatic nitrogens is 6. The average molecular weight is 379 g/mol. The molecule has 28 heavy (non-hydrogen) atoms. The molecule has 0 aliphatic carbocycles. The summed E-state index contributed by atoms with van der Waals surface area (Å²) in [5.74, 6) is 4.18. The van der Waals surface area contributed by atoms with E-state index < -0.39 is 0 Å². The molecule has 1 saturated heterocycles. The number of aryl methyl sites for hydroxylation is 1. The van der Waals surface area contributed by atoms with Gasteiger partial charge in [-0.15, -0.1) is 10.2 Å². The van der Waals surface area contributed by atoms with Crippen LogP contribution >= 0.6 is 0 Å². The quantitative estimate of drug-likeness (QED) is 0.689. The highest BCUT2D eigenvalue weighted by molar-refractivity contribution is 5.52. The van der Waals surface area contributed by atoms with Gasteiger partial charge in [-0.05, 0) is 50.9 Å². The molecule has 0 atom stereocenters. The maximum atomic E-state index is 5.46. The maximum absolute atomic E-state index is 5.46. The number of fused-ring (bicyclic) bond motifs is 1. The minimum absolute atomic E-state index is 0.505. The molecule has 0 spiro atoms. The predicted octanol–water partition coefficient (Wildman–Crippen LogP) is 2.83. The standard InChI is InChI=1S/C20H25N7O/c1-2-4-17-23-24-20(27(17)11-3-1)16-7-12-26(13-8-16)14-18-22-19(25-28-18)15-5-9-21-10-6-15/h5-6,9-10,16H,1-4,7-8,11-14H2. The van der Waals surface area contributed by atoms with Gasteiger partial charge in [0.05, 0.1) is 6.54 Å². The van der Waals surface area contributed by atoms with Crippen LogP contribution in [0.25, 0.3) is 11.4 Å². The predicted molar refractivity (Wildman–Crippen MR) is 102 cm³/mol. The third-order valence-electron chi connectivity index (χ3n) is 5.86. The third-order valence-corrected chi connectivity index (χ3v) is 5.86. The first-order valence-electron chi connectivity index (χ1n) is 10.2. The molecular formula is C20H25N7O. The summed E-state index contributed by atoms with van der Waals surface area (Å²) in [5, 5.41) is 13.1. The summed E-state index contributed by atoms with van der Waals surface area (Å²) in [4.78, 5) is 11.0. The van der Waals surface area contributed by atoms with Gasteiger partial charge in [0.2, 0.25) is 11.7 Å². The lowest BCUT2D eigenvalue weighted by molar-refractivity contribution is 0.177. The minimum Gasteiger partial charge on any atom is -0.338 e. The van der Waals surface area contributed by atoms with E-state index in [1.807, 2.05) is 12.1 Å². The summed E-state index contributed by atoms with van der Waals surface area (Å²) in [5.41, 5.74) is 0.927. The fourth-order valence-electron chi connectivity index (χ4n) is 4.29. The Kier molecular flexibility index (Phi) is 4.86. The van der Waals surface area contributed by atoms with E-state index in [9.17, 15) is 0 Å². The Hall–Kier alpha value is -2.61. The Labute approximate surface area is 164 Å². The fourth-order valence-corrected chi connectivity index (χ4v) is 4.29. The summed E-state index contributed by atoms with van der Waals surface area (Å²) >= 11 is 0. The van der Waals surface area contributed by atoms with Crippen molar-refractivity contribution >= 4 is 0 Å². The molecule has 0 saturated carbocycles. The zero-order valence-electron chi connectivity index (χ0n) is 16.0. The van der Waals surface area contributed by atoms with E-state index >= 15 is 0 Å². The topological polar surface area (TPSA) is 85.8 Å². The van der Waals surface area contributed by atoms with E-state index in [1.165, 1.54) is 30.9 Å². The van der Waals surface area contributed by atoms with Gasteiger partial charge in [0.25, 0.3) is 0 Å². The van der Waals surface area contributed by atoms with E-state index in [1.54, 1.807) is 12.4 Å². The molecular weight excluding hydrogens is 354 g/mol. The monoisotopic (exact) mass is 379 g/mol. The SMILES string of the molecule is c1cc(-c2noc(CN3CCC(c4nnc5n4CCCCC5)CC3)n2)ccn1. The molecule has 3 aromatic heterocycles. The molecule has 5 heterocycles. The van der Waals surface area contributed by atoms with Crippen LogP contribution in [0.3, 0.4) is 0 Å². The molecule has 0 aromatic carbocycles. The largest absolute Gasteiger partial charge is 0.338 e. The van der Waals surface area contributed by atoms with Crippen LogP contribution in [0, 0.1) is 0 Å². The normalized spacial score (nSPS) is 18.7. The van der Waals surface area contributed by atoms with Crippen molar-refractivity contribution in [3.8, 4) is 11.4 Å². The first-order chi connectivity index (χ1) is 13.9. The third kappa shape index (κ3) is 3.56. The van der Waals surface area contributed by atoms with Crippen LogP contribution in [-0.4, -0.2) is 47.9 Å². The highest BCUT2D eigenvalue weighted by atomic mass is 16.5. The Morgan fingerprint density at radius 3 is 2.71 bits per heavy atom. The molecule has 2 aliphatic rings. The van der Waals surface area contributed by atoms with Crippen molar-refractivity contribution in [2.75, 3.05) is 13.1 Å². The van der Waals surface area contributed by atoms with Gasteiger partial charge in [-0.3, -0.25) is 9.88 Å².